The number of aryl methyl sites for hydroxylation is 2. The molecule has 2 aromatic carbocycles. The summed E-state index contributed by atoms with van der Waals surface area (Å²) in [5, 5.41) is 0. The minimum Gasteiger partial charge on any atom is -0.338 e. The lowest BCUT2D eigenvalue weighted by Crippen LogP contribution is -1.86. The normalized spacial score (nSPS) is 11.2. The Morgan fingerprint density at radius 3 is 2.53 bits per heavy atom. The molecular weight excluding hydrogens is 246 g/mol. The van der Waals surface area contributed by atoms with Crippen LogP contribution in [0.4, 0.5) is 8.78 Å². The van der Waals surface area contributed by atoms with E-state index in [4.69, 9.17) is 0 Å². The third kappa shape index (κ3) is 1.99. The molecule has 2 nitrogen and oxygen atoms in total. The molecule has 0 radical (unpaired) electrons. The van der Waals surface area contributed by atoms with Gasteiger partial charge in [-0.15, -0.1) is 0 Å². The number of benzene rings is 2. The Balaban J connectivity index is 2.23. The fourth-order valence-electron chi connectivity index (χ4n) is 2.12. The Bertz CT molecular complexity index is 736. The van der Waals surface area contributed by atoms with E-state index in [1.165, 1.54) is 0 Å². The number of aromatic nitrogens is 2. The quantitative estimate of drug-likeness (QED) is 0.698. The van der Waals surface area contributed by atoms with Crippen LogP contribution in [0.1, 0.15) is 11.1 Å². The van der Waals surface area contributed by atoms with Gasteiger partial charge in [0.05, 0.1) is 11.0 Å². The number of imidazole rings is 1. The Hall–Kier alpha value is -2.23. The molecule has 0 fully saturated rings. The highest BCUT2D eigenvalue weighted by Crippen LogP contribution is 2.25. The van der Waals surface area contributed by atoms with Crippen LogP contribution in [0.3, 0.4) is 0 Å². The van der Waals surface area contributed by atoms with Gasteiger partial charge >= 0.3 is 0 Å². The molecule has 96 valence electrons. The third-order valence-corrected chi connectivity index (χ3v) is 3.17. The maximum atomic E-state index is 13.2. The van der Waals surface area contributed by atoms with Crippen LogP contribution < -0.4 is 0 Å². The van der Waals surface area contributed by atoms with Crippen LogP contribution in [0, 0.1) is 25.5 Å². The van der Waals surface area contributed by atoms with E-state index < -0.39 is 11.6 Å². The van der Waals surface area contributed by atoms with Crippen molar-refractivity contribution in [2.75, 3.05) is 0 Å². The van der Waals surface area contributed by atoms with Crippen molar-refractivity contribution < 1.29 is 8.78 Å². The molecule has 1 aromatic heterocycles. The van der Waals surface area contributed by atoms with Crippen molar-refractivity contribution in [1.29, 1.82) is 0 Å². The molecule has 0 aliphatic carbocycles. The van der Waals surface area contributed by atoms with Crippen molar-refractivity contribution in [3.05, 3.63) is 53.1 Å². The molecule has 1 heterocycles. The van der Waals surface area contributed by atoms with Crippen LogP contribution in [0.5, 0.6) is 0 Å². The standard InChI is InChI=1S/C15H12F2N2/c1-8-3-4-9(2)10(5-8)15-18-13-6-11(16)12(17)7-14(13)19-15/h3-7H,1-2H3,(H,18,19). The van der Waals surface area contributed by atoms with Crippen LogP contribution >= 0.6 is 0 Å². The number of H-pyrrole nitrogens is 1. The molecule has 0 aliphatic rings. The highest BCUT2D eigenvalue weighted by atomic mass is 19.2. The summed E-state index contributed by atoms with van der Waals surface area (Å²) in [6.45, 7) is 3.97. The van der Waals surface area contributed by atoms with E-state index in [0.717, 1.165) is 28.8 Å². The Labute approximate surface area is 109 Å². The van der Waals surface area contributed by atoms with Crippen molar-refractivity contribution in [2.24, 2.45) is 0 Å². The van der Waals surface area contributed by atoms with Gasteiger partial charge < -0.3 is 4.98 Å². The molecule has 1 N–H and O–H groups in total. The van der Waals surface area contributed by atoms with Crippen molar-refractivity contribution in [3.63, 3.8) is 0 Å². The summed E-state index contributed by atoms with van der Waals surface area (Å²) >= 11 is 0. The molecule has 0 saturated carbocycles. The maximum Gasteiger partial charge on any atom is 0.161 e. The summed E-state index contributed by atoms with van der Waals surface area (Å²) < 4.78 is 26.4. The fraction of sp³-hybridized carbons (Fsp3) is 0.133. The molecule has 0 amide bonds. The van der Waals surface area contributed by atoms with Crippen molar-refractivity contribution in [3.8, 4) is 11.4 Å². The van der Waals surface area contributed by atoms with Gasteiger partial charge in [0.15, 0.2) is 11.6 Å². The molecular formula is C15H12F2N2. The van der Waals surface area contributed by atoms with Gasteiger partial charge in [-0.2, -0.15) is 0 Å². The first kappa shape index (κ1) is 11.8. The molecule has 0 unspecified atom stereocenters. The zero-order valence-electron chi connectivity index (χ0n) is 10.6. The second-order valence-corrected chi connectivity index (χ2v) is 4.69. The van der Waals surface area contributed by atoms with E-state index in [2.05, 4.69) is 9.97 Å². The summed E-state index contributed by atoms with van der Waals surface area (Å²) in [6, 6.07) is 8.25. The summed E-state index contributed by atoms with van der Waals surface area (Å²) in [4.78, 5) is 7.35. The van der Waals surface area contributed by atoms with Gasteiger partial charge in [0.2, 0.25) is 0 Å². The van der Waals surface area contributed by atoms with E-state index >= 15 is 0 Å². The van der Waals surface area contributed by atoms with Crippen molar-refractivity contribution in [2.45, 2.75) is 13.8 Å². The Kier molecular flexibility index (Phi) is 2.59. The van der Waals surface area contributed by atoms with Crippen LogP contribution in [-0.4, -0.2) is 9.97 Å². The molecule has 0 saturated heterocycles. The highest BCUT2D eigenvalue weighted by Gasteiger charge is 2.11. The molecule has 4 heteroatoms. The molecule has 0 aliphatic heterocycles. The number of aromatic amines is 1. The second-order valence-electron chi connectivity index (χ2n) is 4.69. The Morgan fingerprint density at radius 1 is 1.00 bits per heavy atom. The van der Waals surface area contributed by atoms with Crippen LogP contribution in [0.15, 0.2) is 30.3 Å². The first-order valence-corrected chi connectivity index (χ1v) is 5.97. The lowest BCUT2D eigenvalue weighted by molar-refractivity contribution is 0.510. The van der Waals surface area contributed by atoms with Gasteiger partial charge in [-0.1, -0.05) is 17.7 Å². The van der Waals surface area contributed by atoms with Gasteiger partial charge in [0.25, 0.3) is 0 Å². The predicted molar refractivity (Wildman–Crippen MR) is 70.9 cm³/mol. The topological polar surface area (TPSA) is 28.7 Å². The fourth-order valence-corrected chi connectivity index (χ4v) is 2.12. The minimum absolute atomic E-state index is 0.426. The minimum atomic E-state index is -0.883. The zero-order valence-corrected chi connectivity index (χ0v) is 10.6. The highest BCUT2D eigenvalue weighted by molar-refractivity contribution is 5.80. The van der Waals surface area contributed by atoms with E-state index in [9.17, 15) is 8.78 Å². The molecule has 0 bridgehead atoms. The molecule has 0 spiro atoms. The van der Waals surface area contributed by atoms with Gasteiger partial charge in [-0.25, -0.2) is 13.8 Å². The number of fused-ring (bicyclic) bond motifs is 1. The number of hydrogen-bond acceptors (Lipinski definition) is 1. The number of nitrogens with zero attached hydrogens (tertiary/aromatic N) is 1. The summed E-state index contributed by atoms with van der Waals surface area (Å²) in [7, 11) is 0. The lowest BCUT2D eigenvalue weighted by Gasteiger charge is -2.03. The van der Waals surface area contributed by atoms with Crippen LogP contribution in [0.25, 0.3) is 22.4 Å². The van der Waals surface area contributed by atoms with E-state index in [1.807, 2.05) is 32.0 Å². The average molecular weight is 258 g/mol. The molecule has 3 rings (SSSR count). The third-order valence-electron chi connectivity index (χ3n) is 3.17. The van der Waals surface area contributed by atoms with Gasteiger partial charge in [0.1, 0.15) is 5.82 Å². The monoisotopic (exact) mass is 258 g/mol. The Morgan fingerprint density at radius 2 is 1.74 bits per heavy atom. The summed E-state index contributed by atoms with van der Waals surface area (Å²) in [5.74, 6) is -1.13. The van der Waals surface area contributed by atoms with Crippen molar-refractivity contribution in [1.82, 2.24) is 9.97 Å². The van der Waals surface area contributed by atoms with Gasteiger partial charge in [-0.3, -0.25) is 0 Å². The largest absolute Gasteiger partial charge is 0.338 e. The first-order chi connectivity index (χ1) is 9.04. The number of rotatable bonds is 1. The van der Waals surface area contributed by atoms with E-state index in [1.54, 1.807) is 0 Å². The second kappa shape index (κ2) is 4.16. The molecule has 0 atom stereocenters. The number of halogens is 2. The lowest BCUT2D eigenvalue weighted by atomic mass is 10.1. The molecule has 19 heavy (non-hydrogen) atoms. The van der Waals surface area contributed by atoms with Crippen LogP contribution in [-0.2, 0) is 0 Å². The summed E-state index contributed by atoms with van der Waals surface area (Å²) in [6.07, 6.45) is 0. The van der Waals surface area contributed by atoms with Gasteiger partial charge in [0, 0.05) is 17.7 Å². The van der Waals surface area contributed by atoms with E-state index in [0.29, 0.717) is 16.9 Å². The van der Waals surface area contributed by atoms with Crippen LogP contribution in [0.2, 0.25) is 0 Å². The number of hydrogen-bond donors (Lipinski definition) is 1. The van der Waals surface area contributed by atoms with Crippen molar-refractivity contribution >= 4 is 11.0 Å². The number of nitrogens with one attached hydrogen (secondary N) is 1. The molecule has 3 aromatic rings. The van der Waals surface area contributed by atoms with Gasteiger partial charge in [-0.05, 0) is 25.5 Å². The maximum absolute atomic E-state index is 13.2. The predicted octanol–water partition coefficient (Wildman–Crippen LogP) is 4.12. The smallest absolute Gasteiger partial charge is 0.161 e. The summed E-state index contributed by atoms with van der Waals surface area (Å²) in [5.41, 5.74) is 4.03. The van der Waals surface area contributed by atoms with E-state index in [-0.39, 0.29) is 0 Å². The zero-order chi connectivity index (χ0) is 13.6. The first-order valence-electron chi connectivity index (χ1n) is 5.97. The average Bonchev–Trinajstić information content (AvgIpc) is 2.75. The SMILES string of the molecule is Cc1ccc(C)c(-c2nc3cc(F)c(F)cc3[nH]2)c1.